The van der Waals surface area contributed by atoms with Gasteiger partial charge in [-0.15, -0.1) is 11.6 Å². The van der Waals surface area contributed by atoms with E-state index >= 15 is 0 Å². The normalized spacial score (nSPS) is 18.3. The lowest BCUT2D eigenvalue weighted by Crippen LogP contribution is -2.46. The summed E-state index contributed by atoms with van der Waals surface area (Å²) in [5.41, 5.74) is 1.86. The van der Waals surface area contributed by atoms with Crippen LogP contribution in [0, 0.1) is 6.92 Å². The molecule has 0 atom stereocenters. The molecule has 0 unspecified atom stereocenters. The van der Waals surface area contributed by atoms with Crippen LogP contribution in [0.5, 0.6) is 0 Å². The SMILES string of the molecule is Cc1nccc(NC2(CCl)CCC2)c1Cl. The second-order valence-electron chi connectivity index (χ2n) is 4.15. The van der Waals surface area contributed by atoms with E-state index in [9.17, 15) is 0 Å². The van der Waals surface area contributed by atoms with Gasteiger partial charge >= 0.3 is 0 Å². The fraction of sp³-hybridized carbons (Fsp3) is 0.545. The smallest absolute Gasteiger partial charge is 0.0849 e. The molecule has 0 radical (unpaired) electrons. The summed E-state index contributed by atoms with van der Waals surface area (Å²) in [5.74, 6) is 0.630. The number of aryl methyl sites for hydroxylation is 1. The molecule has 1 aromatic rings. The number of pyridine rings is 1. The molecular weight excluding hydrogens is 231 g/mol. The molecule has 1 saturated carbocycles. The van der Waals surface area contributed by atoms with Gasteiger partial charge in [-0.2, -0.15) is 0 Å². The molecule has 2 rings (SSSR count). The van der Waals surface area contributed by atoms with E-state index in [0.29, 0.717) is 10.9 Å². The van der Waals surface area contributed by atoms with Crippen LogP contribution in [-0.2, 0) is 0 Å². The maximum Gasteiger partial charge on any atom is 0.0849 e. The number of anilines is 1. The van der Waals surface area contributed by atoms with Crippen LogP contribution in [0.1, 0.15) is 25.0 Å². The number of hydrogen-bond donors (Lipinski definition) is 1. The largest absolute Gasteiger partial charge is 0.377 e. The van der Waals surface area contributed by atoms with Gasteiger partial charge in [-0.3, -0.25) is 4.98 Å². The Balaban J connectivity index is 2.20. The molecule has 1 heterocycles. The third kappa shape index (κ3) is 2.06. The second-order valence-corrected chi connectivity index (χ2v) is 4.80. The first-order valence-corrected chi connectivity index (χ1v) is 6.03. The molecule has 15 heavy (non-hydrogen) atoms. The molecule has 82 valence electrons. The molecule has 1 aliphatic carbocycles. The Hall–Kier alpha value is -0.470. The third-order valence-corrected chi connectivity index (χ3v) is 4.02. The molecule has 0 amide bonds. The van der Waals surface area contributed by atoms with Crippen molar-refractivity contribution in [1.82, 2.24) is 4.98 Å². The molecule has 1 aromatic heterocycles. The highest BCUT2D eigenvalue weighted by atomic mass is 35.5. The molecule has 1 N–H and O–H groups in total. The van der Waals surface area contributed by atoms with Crippen molar-refractivity contribution >= 4 is 28.9 Å². The Kier molecular flexibility index (Phi) is 3.08. The molecular formula is C11H14Cl2N2. The zero-order chi connectivity index (χ0) is 10.9. The summed E-state index contributed by atoms with van der Waals surface area (Å²) in [7, 11) is 0. The van der Waals surface area contributed by atoms with Crippen LogP contribution in [0.2, 0.25) is 5.02 Å². The summed E-state index contributed by atoms with van der Waals surface area (Å²) in [6, 6.07) is 1.90. The second kappa shape index (κ2) is 4.18. The van der Waals surface area contributed by atoms with E-state index in [0.717, 1.165) is 24.2 Å². The lowest BCUT2D eigenvalue weighted by atomic mass is 9.78. The average Bonchev–Trinajstić information content (AvgIpc) is 2.18. The maximum atomic E-state index is 6.17. The number of halogens is 2. The van der Waals surface area contributed by atoms with Gasteiger partial charge in [-0.25, -0.2) is 0 Å². The predicted octanol–water partition coefficient (Wildman–Crippen LogP) is 3.62. The van der Waals surface area contributed by atoms with Gasteiger partial charge in [0.2, 0.25) is 0 Å². The first-order valence-electron chi connectivity index (χ1n) is 5.12. The van der Waals surface area contributed by atoms with E-state index < -0.39 is 0 Å². The third-order valence-electron chi connectivity index (χ3n) is 3.03. The number of aromatic nitrogens is 1. The van der Waals surface area contributed by atoms with Gasteiger partial charge in [0, 0.05) is 12.1 Å². The van der Waals surface area contributed by atoms with E-state index in [2.05, 4.69) is 10.3 Å². The van der Waals surface area contributed by atoms with Crippen LogP contribution in [0.15, 0.2) is 12.3 Å². The molecule has 1 aliphatic rings. The highest BCUT2D eigenvalue weighted by molar-refractivity contribution is 6.33. The Morgan fingerprint density at radius 1 is 1.53 bits per heavy atom. The topological polar surface area (TPSA) is 24.9 Å². The molecule has 0 saturated heterocycles. The minimum atomic E-state index is 0.0546. The average molecular weight is 245 g/mol. The first kappa shape index (κ1) is 11.0. The quantitative estimate of drug-likeness (QED) is 0.822. The van der Waals surface area contributed by atoms with E-state index in [1.807, 2.05) is 13.0 Å². The number of hydrogen-bond acceptors (Lipinski definition) is 2. The molecule has 0 bridgehead atoms. The van der Waals surface area contributed by atoms with Crippen LogP contribution >= 0.6 is 23.2 Å². The van der Waals surface area contributed by atoms with Crippen LogP contribution < -0.4 is 5.32 Å². The first-order chi connectivity index (χ1) is 7.17. The van der Waals surface area contributed by atoms with Crippen molar-refractivity contribution in [3.05, 3.63) is 23.0 Å². The van der Waals surface area contributed by atoms with Gasteiger partial charge in [-0.1, -0.05) is 11.6 Å². The molecule has 2 nitrogen and oxygen atoms in total. The van der Waals surface area contributed by atoms with Crippen LogP contribution in [0.25, 0.3) is 0 Å². The fourth-order valence-electron chi connectivity index (χ4n) is 1.83. The van der Waals surface area contributed by atoms with Gasteiger partial charge in [0.15, 0.2) is 0 Å². The molecule has 4 heteroatoms. The number of alkyl halides is 1. The van der Waals surface area contributed by atoms with Crippen LogP contribution in [0.3, 0.4) is 0 Å². The van der Waals surface area contributed by atoms with Gasteiger partial charge in [-0.05, 0) is 32.3 Å². The zero-order valence-corrected chi connectivity index (χ0v) is 10.2. The van der Waals surface area contributed by atoms with E-state index in [-0.39, 0.29) is 5.54 Å². The lowest BCUT2D eigenvalue weighted by molar-refractivity contribution is 0.311. The number of nitrogens with one attached hydrogen (secondary N) is 1. The van der Waals surface area contributed by atoms with E-state index in [1.165, 1.54) is 6.42 Å². The summed E-state index contributed by atoms with van der Waals surface area (Å²) in [5, 5.41) is 4.15. The lowest BCUT2D eigenvalue weighted by Gasteiger charge is -2.42. The van der Waals surface area contributed by atoms with Gasteiger partial charge in [0.05, 0.1) is 21.9 Å². The zero-order valence-electron chi connectivity index (χ0n) is 8.69. The van der Waals surface area contributed by atoms with Crippen molar-refractivity contribution in [2.24, 2.45) is 0 Å². The number of nitrogens with zero attached hydrogens (tertiary/aromatic N) is 1. The van der Waals surface area contributed by atoms with Crippen molar-refractivity contribution in [3.8, 4) is 0 Å². The highest BCUT2D eigenvalue weighted by Crippen LogP contribution is 2.38. The Bertz CT molecular complexity index is 356. The number of rotatable bonds is 3. The fourth-order valence-corrected chi connectivity index (χ4v) is 2.32. The Morgan fingerprint density at radius 3 is 2.80 bits per heavy atom. The van der Waals surface area contributed by atoms with E-state index in [1.54, 1.807) is 6.20 Å². The van der Waals surface area contributed by atoms with Crippen LogP contribution in [-0.4, -0.2) is 16.4 Å². The monoisotopic (exact) mass is 244 g/mol. The highest BCUT2D eigenvalue weighted by Gasteiger charge is 2.36. The summed E-state index contributed by atoms with van der Waals surface area (Å²) in [6.45, 7) is 1.90. The summed E-state index contributed by atoms with van der Waals surface area (Å²) >= 11 is 12.2. The predicted molar refractivity (Wildman–Crippen MR) is 64.9 cm³/mol. The van der Waals surface area contributed by atoms with Crippen molar-refractivity contribution in [1.29, 1.82) is 0 Å². The summed E-state index contributed by atoms with van der Waals surface area (Å²) in [6.07, 6.45) is 5.24. The summed E-state index contributed by atoms with van der Waals surface area (Å²) in [4.78, 5) is 4.13. The van der Waals surface area contributed by atoms with Gasteiger partial charge in [0.1, 0.15) is 0 Å². The van der Waals surface area contributed by atoms with Crippen molar-refractivity contribution < 1.29 is 0 Å². The standard InChI is InChI=1S/C11H14Cl2N2/c1-8-10(13)9(3-6-14-8)15-11(7-12)4-2-5-11/h3,6H,2,4-5,7H2,1H3,(H,14,15). The molecule has 1 fully saturated rings. The Morgan fingerprint density at radius 2 is 2.27 bits per heavy atom. The minimum absolute atomic E-state index is 0.0546. The maximum absolute atomic E-state index is 6.17. The van der Waals surface area contributed by atoms with Crippen molar-refractivity contribution in [3.63, 3.8) is 0 Å². The van der Waals surface area contributed by atoms with Crippen LogP contribution in [0.4, 0.5) is 5.69 Å². The van der Waals surface area contributed by atoms with Crippen molar-refractivity contribution in [2.75, 3.05) is 11.2 Å². The molecule has 0 spiro atoms. The molecule has 0 aromatic carbocycles. The molecule has 0 aliphatic heterocycles. The minimum Gasteiger partial charge on any atom is -0.377 e. The van der Waals surface area contributed by atoms with E-state index in [4.69, 9.17) is 23.2 Å². The summed E-state index contributed by atoms with van der Waals surface area (Å²) < 4.78 is 0. The van der Waals surface area contributed by atoms with Gasteiger partial charge in [0.25, 0.3) is 0 Å². The Labute approximate surface area is 100.0 Å². The van der Waals surface area contributed by atoms with Crippen molar-refractivity contribution in [2.45, 2.75) is 31.7 Å². The van der Waals surface area contributed by atoms with Gasteiger partial charge < -0.3 is 5.32 Å².